The van der Waals surface area contributed by atoms with Crippen LogP contribution in [0.2, 0.25) is 16.6 Å². The third-order valence-corrected chi connectivity index (χ3v) is 9.98. The van der Waals surface area contributed by atoms with Crippen LogP contribution in [0.4, 0.5) is 0 Å². The summed E-state index contributed by atoms with van der Waals surface area (Å²) in [6, 6.07) is 0. The second-order valence-electron chi connectivity index (χ2n) is 4.62. The monoisotopic (exact) mass is 286 g/mol. The van der Waals surface area contributed by atoms with Gasteiger partial charge in [0.1, 0.15) is 8.07 Å². The predicted octanol–water partition coefficient (Wildman–Crippen LogP) is 3.64. The summed E-state index contributed by atoms with van der Waals surface area (Å²) < 4.78 is 0. The molecule has 0 rings (SSSR count). The molecule has 0 aromatic rings. The van der Waals surface area contributed by atoms with Gasteiger partial charge in [-0.05, 0) is 21.5 Å². The Hall–Kier alpha value is 1.02. The van der Waals surface area contributed by atoms with Gasteiger partial charge in [0, 0.05) is 15.9 Å². The number of rotatable bonds is 3. The van der Waals surface area contributed by atoms with Gasteiger partial charge >= 0.3 is 23.1 Å². The first-order valence-corrected chi connectivity index (χ1v) is 8.04. The first-order chi connectivity index (χ1) is 5.89. The highest BCUT2D eigenvalue weighted by Gasteiger charge is 2.41. The molecular weight excluding hydrogens is 264 g/mol. The summed E-state index contributed by atoms with van der Waals surface area (Å²) in [4.78, 5) is 2.98. The van der Waals surface area contributed by atoms with E-state index in [0.717, 1.165) is 16.6 Å². The molecule has 0 radical (unpaired) electrons. The van der Waals surface area contributed by atoms with Crippen LogP contribution in [0.1, 0.15) is 41.5 Å². The standard InChI is InChI=1S/C11H21BrSi.Mg.2H/c1-9(2)13(8-7-12,10(3)4)11(5)6;;;/h9-11H,1-6H3;;;. The number of hydrogen-bond acceptors (Lipinski definition) is 0. The quantitative estimate of drug-likeness (QED) is 0.549. The Morgan fingerprint density at radius 2 is 1.14 bits per heavy atom. The molecule has 14 heavy (non-hydrogen) atoms. The van der Waals surface area contributed by atoms with Crippen molar-refractivity contribution < 1.29 is 0 Å². The normalized spacial score (nSPS) is 11.3. The second kappa shape index (κ2) is 7.32. The lowest BCUT2D eigenvalue weighted by Crippen LogP contribution is -2.43. The van der Waals surface area contributed by atoms with Crippen LogP contribution in [-0.2, 0) is 0 Å². The van der Waals surface area contributed by atoms with Gasteiger partial charge in [-0.1, -0.05) is 41.5 Å². The van der Waals surface area contributed by atoms with Gasteiger partial charge in [0.05, 0.1) is 0 Å². The Balaban J connectivity index is 0. The van der Waals surface area contributed by atoms with Crippen molar-refractivity contribution in [2.75, 3.05) is 0 Å². The van der Waals surface area contributed by atoms with Crippen molar-refractivity contribution in [3.8, 4) is 10.4 Å². The first kappa shape index (κ1) is 17.4. The van der Waals surface area contributed by atoms with Crippen molar-refractivity contribution in [2.24, 2.45) is 0 Å². The van der Waals surface area contributed by atoms with Crippen molar-refractivity contribution in [3.63, 3.8) is 0 Å². The minimum absolute atomic E-state index is 0. The molecule has 0 bridgehead atoms. The van der Waals surface area contributed by atoms with Gasteiger partial charge in [-0.25, -0.2) is 0 Å². The molecule has 0 N–H and O–H groups in total. The van der Waals surface area contributed by atoms with Crippen molar-refractivity contribution in [2.45, 2.75) is 58.2 Å². The molecule has 0 aromatic heterocycles. The zero-order valence-electron chi connectivity index (χ0n) is 9.61. The van der Waals surface area contributed by atoms with Gasteiger partial charge < -0.3 is 0 Å². The maximum absolute atomic E-state index is 3.50. The van der Waals surface area contributed by atoms with E-state index in [2.05, 4.69) is 67.8 Å². The zero-order chi connectivity index (χ0) is 10.6. The average Bonchev–Trinajstić information content (AvgIpc) is 1.97. The molecule has 0 heterocycles. The summed E-state index contributed by atoms with van der Waals surface area (Å²) in [7, 11) is -1.44. The molecule has 0 nitrogen and oxygen atoms in total. The van der Waals surface area contributed by atoms with Gasteiger partial charge in [0.25, 0.3) is 0 Å². The molecule has 0 aromatic carbocycles. The largest absolute Gasteiger partial charge is 0.316 e. The molecule has 0 amide bonds. The van der Waals surface area contributed by atoms with Crippen LogP contribution in [0.5, 0.6) is 0 Å². The van der Waals surface area contributed by atoms with Crippen molar-refractivity contribution >= 4 is 47.1 Å². The Bertz CT molecular complexity index is 191. The van der Waals surface area contributed by atoms with Gasteiger partial charge in [-0.3, -0.25) is 0 Å². The minimum Gasteiger partial charge on any atom is -0.118 e. The molecule has 0 atom stereocenters. The first-order valence-electron chi connectivity index (χ1n) is 5.02. The SMILES string of the molecule is CC(C)[Si](C#CBr)(C(C)C)C(C)C.[MgH2]. The molecular formula is C11H23BrMgSi. The summed E-state index contributed by atoms with van der Waals surface area (Å²) in [5.41, 5.74) is 5.70. The highest BCUT2D eigenvalue weighted by molar-refractivity contribution is 9.12. The van der Waals surface area contributed by atoms with E-state index in [1.54, 1.807) is 0 Å². The maximum Gasteiger partial charge on any atom is 0.316 e. The molecule has 0 spiro atoms. The molecule has 0 unspecified atom stereocenters. The van der Waals surface area contributed by atoms with Crippen LogP contribution >= 0.6 is 15.9 Å². The maximum atomic E-state index is 3.50. The van der Waals surface area contributed by atoms with E-state index in [1.165, 1.54) is 0 Å². The summed E-state index contributed by atoms with van der Waals surface area (Å²) in [6.45, 7) is 13.9. The van der Waals surface area contributed by atoms with Crippen LogP contribution in [0.15, 0.2) is 0 Å². The lowest BCUT2D eigenvalue weighted by atomic mass is 10.5. The van der Waals surface area contributed by atoms with E-state index in [1.807, 2.05) is 0 Å². The van der Waals surface area contributed by atoms with Crippen LogP contribution in [0, 0.1) is 10.4 Å². The van der Waals surface area contributed by atoms with Crippen LogP contribution < -0.4 is 0 Å². The smallest absolute Gasteiger partial charge is 0.118 e. The van der Waals surface area contributed by atoms with Gasteiger partial charge in [-0.15, -0.1) is 5.54 Å². The summed E-state index contributed by atoms with van der Waals surface area (Å²) >= 11 is 3.26. The highest BCUT2D eigenvalue weighted by atomic mass is 79.9. The second-order valence-corrected chi connectivity index (χ2v) is 10.6. The summed E-state index contributed by atoms with van der Waals surface area (Å²) in [5.74, 6) is 0. The third-order valence-electron chi connectivity index (χ3n) is 3.13. The molecule has 0 aliphatic carbocycles. The Morgan fingerprint density at radius 1 is 0.857 bits per heavy atom. The van der Waals surface area contributed by atoms with E-state index in [4.69, 9.17) is 0 Å². The fourth-order valence-electron chi connectivity index (χ4n) is 2.51. The Kier molecular flexibility index (Phi) is 9.11. The summed E-state index contributed by atoms with van der Waals surface area (Å²) in [6.07, 6.45) is 0. The molecule has 0 fully saturated rings. The van der Waals surface area contributed by atoms with Crippen molar-refractivity contribution in [1.82, 2.24) is 0 Å². The van der Waals surface area contributed by atoms with Gasteiger partial charge in [-0.2, -0.15) is 0 Å². The topological polar surface area (TPSA) is 0 Å². The molecule has 0 aliphatic rings. The third kappa shape index (κ3) is 3.55. The zero-order valence-corrected chi connectivity index (χ0v) is 12.2. The lowest BCUT2D eigenvalue weighted by molar-refractivity contribution is 0.838. The average molecular weight is 288 g/mol. The van der Waals surface area contributed by atoms with E-state index < -0.39 is 8.07 Å². The van der Waals surface area contributed by atoms with E-state index in [-0.39, 0.29) is 23.1 Å². The van der Waals surface area contributed by atoms with Crippen LogP contribution in [-0.4, -0.2) is 31.1 Å². The number of halogens is 1. The fourth-order valence-corrected chi connectivity index (χ4v) is 8.57. The highest BCUT2D eigenvalue weighted by Crippen LogP contribution is 2.40. The van der Waals surface area contributed by atoms with Gasteiger partial charge in [0.2, 0.25) is 0 Å². The Morgan fingerprint density at radius 3 is 1.21 bits per heavy atom. The number of hydrogen-bond donors (Lipinski definition) is 0. The van der Waals surface area contributed by atoms with E-state index >= 15 is 0 Å². The van der Waals surface area contributed by atoms with Crippen LogP contribution in [0.3, 0.4) is 0 Å². The fraction of sp³-hybridized carbons (Fsp3) is 0.818. The molecule has 3 heteroatoms. The molecule has 0 saturated heterocycles. The Labute approximate surface area is 115 Å². The van der Waals surface area contributed by atoms with Gasteiger partial charge in [0.15, 0.2) is 0 Å². The van der Waals surface area contributed by atoms with E-state index in [9.17, 15) is 0 Å². The summed E-state index contributed by atoms with van der Waals surface area (Å²) in [5, 5.41) is 0. The lowest BCUT2D eigenvalue weighted by Gasteiger charge is -2.37. The predicted molar refractivity (Wildman–Crippen MR) is 76.3 cm³/mol. The molecule has 0 aliphatic heterocycles. The molecule has 0 saturated carbocycles. The van der Waals surface area contributed by atoms with Crippen molar-refractivity contribution in [3.05, 3.63) is 0 Å². The van der Waals surface area contributed by atoms with E-state index in [0.29, 0.717) is 0 Å². The minimum atomic E-state index is -1.44. The molecule has 80 valence electrons. The van der Waals surface area contributed by atoms with Crippen LogP contribution in [0.25, 0.3) is 0 Å². The van der Waals surface area contributed by atoms with Crippen molar-refractivity contribution in [1.29, 1.82) is 0 Å².